The standard InChI is InChI=1S/C28H32N4O5S3/c1-5-31(6-2)19-20-32(28-29-26-24(38-28)13-10-14-25(26)39(4,34)35)27(33)21-15-17-23(18-16-21)40(36,37)30(3)22-11-8-7-9-12-22/h7-18H,5-6,19-20H2,1-4H3. The molecule has 0 fully saturated rings. The van der Waals surface area contributed by atoms with Gasteiger partial charge in [-0.05, 0) is 61.6 Å². The van der Waals surface area contributed by atoms with Gasteiger partial charge in [0.05, 0.1) is 20.2 Å². The molecule has 0 aliphatic heterocycles. The molecule has 0 unspecified atom stereocenters. The minimum atomic E-state index is -3.84. The summed E-state index contributed by atoms with van der Waals surface area (Å²) in [5.74, 6) is -0.354. The number of sulfonamides is 1. The third-order valence-corrected chi connectivity index (χ3v) is 10.6. The van der Waals surface area contributed by atoms with Crippen LogP contribution in [0.1, 0.15) is 24.2 Å². The minimum absolute atomic E-state index is 0.0582. The van der Waals surface area contributed by atoms with Crippen LogP contribution in [0.4, 0.5) is 10.8 Å². The van der Waals surface area contributed by atoms with Crippen LogP contribution >= 0.6 is 11.3 Å². The van der Waals surface area contributed by atoms with Crippen molar-refractivity contribution in [3.05, 3.63) is 78.4 Å². The van der Waals surface area contributed by atoms with Gasteiger partial charge in [-0.25, -0.2) is 21.8 Å². The summed E-state index contributed by atoms with van der Waals surface area (Å²) in [5, 5.41) is 0.378. The number of sulfone groups is 1. The molecule has 0 aliphatic carbocycles. The number of rotatable bonds is 11. The maximum absolute atomic E-state index is 13.8. The van der Waals surface area contributed by atoms with Gasteiger partial charge in [-0.3, -0.25) is 14.0 Å². The zero-order valence-electron chi connectivity index (χ0n) is 22.8. The van der Waals surface area contributed by atoms with Crippen LogP contribution in [0.3, 0.4) is 0 Å². The smallest absolute Gasteiger partial charge is 0.264 e. The molecule has 0 bridgehead atoms. The van der Waals surface area contributed by atoms with Crippen molar-refractivity contribution in [3.8, 4) is 0 Å². The Morgan fingerprint density at radius 3 is 2.10 bits per heavy atom. The molecule has 1 aromatic heterocycles. The number of carbonyl (C=O) groups is 1. The van der Waals surface area contributed by atoms with Crippen molar-refractivity contribution in [2.24, 2.45) is 0 Å². The zero-order valence-corrected chi connectivity index (χ0v) is 25.3. The molecule has 1 heterocycles. The molecule has 4 aromatic rings. The highest BCUT2D eigenvalue weighted by Gasteiger charge is 2.26. The van der Waals surface area contributed by atoms with Crippen molar-refractivity contribution < 1.29 is 21.6 Å². The van der Waals surface area contributed by atoms with Crippen molar-refractivity contribution in [2.75, 3.05) is 48.7 Å². The van der Waals surface area contributed by atoms with Crippen LogP contribution in [0.15, 0.2) is 82.6 Å². The summed E-state index contributed by atoms with van der Waals surface area (Å²) in [7, 11) is -5.88. The highest BCUT2D eigenvalue weighted by molar-refractivity contribution is 7.92. The monoisotopic (exact) mass is 600 g/mol. The molecule has 212 valence electrons. The number of fused-ring (bicyclic) bond motifs is 1. The summed E-state index contributed by atoms with van der Waals surface area (Å²) in [4.78, 5) is 22.3. The molecular weight excluding hydrogens is 569 g/mol. The molecule has 0 atom stereocenters. The minimum Gasteiger partial charge on any atom is -0.302 e. The number of aromatic nitrogens is 1. The number of amides is 1. The predicted molar refractivity (Wildman–Crippen MR) is 161 cm³/mol. The summed E-state index contributed by atoms with van der Waals surface area (Å²) < 4.78 is 52.9. The maximum Gasteiger partial charge on any atom is 0.264 e. The lowest BCUT2D eigenvalue weighted by Gasteiger charge is -2.25. The van der Waals surface area contributed by atoms with Gasteiger partial charge in [-0.15, -0.1) is 0 Å². The van der Waals surface area contributed by atoms with E-state index in [4.69, 9.17) is 0 Å². The average Bonchev–Trinajstić information content (AvgIpc) is 3.38. The molecule has 4 rings (SSSR count). The van der Waals surface area contributed by atoms with E-state index in [1.165, 1.54) is 57.9 Å². The van der Waals surface area contributed by atoms with Gasteiger partial charge in [0.15, 0.2) is 15.0 Å². The summed E-state index contributed by atoms with van der Waals surface area (Å²) in [6, 6.07) is 19.5. The van der Waals surface area contributed by atoms with Gasteiger partial charge in [-0.2, -0.15) is 0 Å². The number of anilines is 2. The largest absolute Gasteiger partial charge is 0.302 e. The lowest BCUT2D eigenvalue weighted by atomic mass is 10.2. The fraction of sp³-hybridized carbons (Fsp3) is 0.286. The Bertz CT molecular complexity index is 1700. The van der Waals surface area contributed by atoms with Crippen molar-refractivity contribution in [1.82, 2.24) is 9.88 Å². The quantitative estimate of drug-likeness (QED) is 0.249. The summed E-state index contributed by atoms with van der Waals surface area (Å²) in [5.41, 5.74) is 1.15. The van der Waals surface area contributed by atoms with Gasteiger partial charge in [0.2, 0.25) is 0 Å². The zero-order chi connectivity index (χ0) is 29.1. The molecule has 1 amide bonds. The number of nitrogens with zero attached hydrogens (tertiary/aromatic N) is 4. The first-order valence-electron chi connectivity index (χ1n) is 12.7. The Hall–Kier alpha value is -3.32. The van der Waals surface area contributed by atoms with Crippen molar-refractivity contribution in [2.45, 2.75) is 23.6 Å². The number of hydrogen-bond acceptors (Lipinski definition) is 8. The van der Waals surface area contributed by atoms with E-state index < -0.39 is 19.9 Å². The van der Waals surface area contributed by atoms with Crippen LogP contribution in [0.5, 0.6) is 0 Å². The lowest BCUT2D eigenvalue weighted by molar-refractivity contribution is 0.0983. The number of hydrogen-bond donors (Lipinski definition) is 0. The first kappa shape index (κ1) is 29.7. The first-order valence-corrected chi connectivity index (χ1v) is 16.9. The second kappa shape index (κ2) is 12.0. The second-order valence-electron chi connectivity index (χ2n) is 9.19. The van der Waals surface area contributed by atoms with Crippen LogP contribution in [0.2, 0.25) is 0 Å². The van der Waals surface area contributed by atoms with E-state index in [1.807, 2.05) is 19.9 Å². The topological polar surface area (TPSA) is 108 Å². The van der Waals surface area contributed by atoms with Crippen LogP contribution in [0, 0.1) is 0 Å². The molecule has 9 nitrogen and oxygen atoms in total. The second-order valence-corrected chi connectivity index (χ2v) is 14.2. The summed E-state index contributed by atoms with van der Waals surface area (Å²) in [6.07, 6.45) is 1.13. The van der Waals surface area contributed by atoms with E-state index in [-0.39, 0.29) is 15.7 Å². The molecule has 12 heteroatoms. The molecule has 0 spiro atoms. The van der Waals surface area contributed by atoms with E-state index in [0.29, 0.717) is 39.7 Å². The van der Waals surface area contributed by atoms with Crippen LogP contribution < -0.4 is 9.21 Å². The fourth-order valence-corrected chi connectivity index (χ4v) is 7.36. The predicted octanol–water partition coefficient (Wildman–Crippen LogP) is 4.51. The first-order chi connectivity index (χ1) is 19.0. The van der Waals surface area contributed by atoms with Crippen molar-refractivity contribution >= 4 is 58.1 Å². The van der Waals surface area contributed by atoms with E-state index in [0.717, 1.165) is 19.3 Å². The molecular formula is C28H32N4O5S3. The molecule has 0 N–H and O–H groups in total. The van der Waals surface area contributed by atoms with Crippen LogP contribution in [-0.2, 0) is 19.9 Å². The number of likely N-dealkylation sites (N-methyl/N-ethyl adjacent to an activating group) is 1. The van der Waals surface area contributed by atoms with Gasteiger partial charge >= 0.3 is 0 Å². The Morgan fingerprint density at radius 1 is 0.850 bits per heavy atom. The molecule has 0 radical (unpaired) electrons. The molecule has 3 aromatic carbocycles. The van der Waals surface area contributed by atoms with E-state index in [9.17, 15) is 21.6 Å². The SMILES string of the molecule is CCN(CC)CCN(C(=O)c1ccc(S(=O)(=O)N(C)c2ccccc2)cc1)c1nc2c(S(C)(=O)=O)cccc2s1. The number of para-hydroxylation sites is 2. The molecule has 0 aliphatic rings. The van der Waals surface area contributed by atoms with Crippen molar-refractivity contribution in [1.29, 1.82) is 0 Å². The number of carbonyl (C=O) groups excluding carboxylic acids is 1. The van der Waals surface area contributed by atoms with E-state index in [2.05, 4.69) is 9.88 Å². The summed E-state index contributed by atoms with van der Waals surface area (Å²) >= 11 is 1.24. The Kier molecular flexibility index (Phi) is 8.93. The maximum atomic E-state index is 13.8. The van der Waals surface area contributed by atoms with E-state index >= 15 is 0 Å². The third-order valence-electron chi connectivity index (χ3n) is 6.66. The third kappa shape index (κ3) is 6.20. The summed E-state index contributed by atoms with van der Waals surface area (Å²) in [6.45, 7) is 6.60. The lowest BCUT2D eigenvalue weighted by Crippen LogP contribution is -2.38. The molecule has 0 saturated carbocycles. The molecule has 0 saturated heterocycles. The Labute approximate surface area is 239 Å². The number of benzene rings is 3. The van der Waals surface area contributed by atoms with Gasteiger partial charge in [0.25, 0.3) is 15.9 Å². The van der Waals surface area contributed by atoms with Crippen LogP contribution in [0.25, 0.3) is 10.2 Å². The number of thiazole rings is 1. The van der Waals surface area contributed by atoms with Crippen LogP contribution in [-0.4, -0.2) is 72.1 Å². The Balaban J connectivity index is 1.69. The van der Waals surface area contributed by atoms with Gasteiger partial charge in [0, 0.05) is 32.0 Å². The van der Waals surface area contributed by atoms with Gasteiger partial charge in [-0.1, -0.05) is 49.4 Å². The average molecular weight is 601 g/mol. The fourth-order valence-electron chi connectivity index (χ4n) is 4.25. The van der Waals surface area contributed by atoms with Gasteiger partial charge < -0.3 is 4.90 Å². The highest BCUT2D eigenvalue weighted by Crippen LogP contribution is 2.33. The normalized spacial score (nSPS) is 12.1. The van der Waals surface area contributed by atoms with E-state index in [1.54, 1.807) is 36.4 Å². The highest BCUT2D eigenvalue weighted by atomic mass is 32.2. The Morgan fingerprint density at radius 2 is 1.50 bits per heavy atom. The van der Waals surface area contributed by atoms with Crippen molar-refractivity contribution in [3.63, 3.8) is 0 Å². The molecule has 40 heavy (non-hydrogen) atoms. The van der Waals surface area contributed by atoms with Gasteiger partial charge in [0.1, 0.15) is 5.52 Å².